The van der Waals surface area contributed by atoms with Crippen molar-refractivity contribution in [2.75, 3.05) is 18.5 Å². The van der Waals surface area contributed by atoms with Crippen LogP contribution in [0.25, 0.3) is 4.96 Å². The molecular weight excluding hydrogens is 264 g/mol. The number of aliphatic hydroxyl groups is 1. The average Bonchev–Trinajstić information content (AvgIpc) is 2.86. The highest BCUT2D eigenvalue weighted by atomic mass is 32.1. The van der Waals surface area contributed by atoms with Crippen molar-refractivity contribution in [2.45, 2.75) is 26.5 Å². The Bertz CT molecular complexity index is 575. The highest BCUT2D eigenvalue weighted by molar-refractivity contribution is 7.15. The minimum atomic E-state index is -0.108. The molecule has 0 saturated carbocycles. The summed E-state index contributed by atoms with van der Waals surface area (Å²) in [6, 6.07) is 0.115. The number of nitrogens with zero attached hydrogens (tertiary/aromatic N) is 3. The Hall–Kier alpha value is -1.60. The largest absolute Gasteiger partial charge is 0.390 e. The summed E-state index contributed by atoms with van der Waals surface area (Å²) in [5, 5.41) is 14.2. The van der Waals surface area contributed by atoms with Crippen LogP contribution in [0, 0.1) is 0 Å². The van der Waals surface area contributed by atoms with Crippen LogP contribution in [0.15, 0.2) is 11.6 Å². The molecule has 6 nitrogen and oxygen atoms in total. The Morgan fingerprint density at radius 3 is 3.00 bits per heavy atom. The molecule has 0 aliphatic rings. The van der Waals surface area contributed by atoms with E-state index in [4.69, 9.17) is 0 Å². The monoisotopic (exact) mass is 282 g/mol. The SMILES string of the molecule is CC(C)NC(=O)CN(C)c1nc2sccn2c1CO. The fourth-order valence-electron chi connectivity index (χ4n) is 1.93. The van der Waals surface area contributed by atoms with Gasteiger partial charge in [-0.05, 0) is 13.8 Å². The summed E-state index contributed by atoms with van der Waals surface area (Å²) in [5.74, 6) is 0.589. The first kappa shape index (κ1) is 13.8. The second-order valence-corrected chi connectivity index (χ2v) is 5.55. The molecule has 19 heavy (non-hydrogen) atoms. The highest BCUT2D eigenvalue weighted by Gasteiger charge is 2.17. The number of amides is 1. The van der Waals surface area contributed by atoms with Crippen LogP contribution in [-0.2, 0) is 11.4 Å². The molecule has 2 aromatic heterocycles. The number of carbonyl (C=O) groups is 1. The lowest BCUT2D eigenvalue weighted by Crippen LogP contribution is -2.39. The predicted molar refractivity (Wildman–Crippen MR) is 75.5 cm³/mol. The predicted octanol–water partition coefficient (Wildman–Crippen LogP) is 0.849. The molecular formula is C12H18N4O2S. The minimum Gasteiger partial charge on any atom is -0.390 e. The second kappa shape index (κ2) is 5.58. The van der Waals surface area contributed by atoms with Crippen molar-refractivity contribution < 1.29 is 9.90 Å². The van der Waals surface area contributed by atoms with Crippen molar-refractivity contribution in [1.82, 2.24) is 14.7 Å². The smallest absolute Gasteiger partial charge is 0.239 e. The van der Waals surface area contributed by atoms with E-state index in [0.29, 0.717) is 11.5 Å². The first-order valence-corrected chi connectivity index (χ1v) is 6.96. The van der Waals surface area contributed by atoms with E-state index >= 15 is 0 Å². The van der Waals surface area contributed by atoms with Crippen molar-refractivity contribution in [3.63, 3.8) is 0 Å². The van der Waals surface area contributed by atoms with Gasteiger partial charge in [-0.1, -0.05) is 0 Å². The summed E-state index contributed by atoms with van der Waals surface area (Å²) < 4.78 is 1.84. The fourth-order valence-corrected chi connectivity index (χ4v) is 2.66. The normalized spacial score (nSPS) is 11.2. The number of nitrogens with one attached hydrogen (secondary N) is 1. The van der Waals surface area contributed by atoms with Gasteiger partial charge >= 0.3 is 0 Å². The molecule has 0 saturated heterocycles. The van der Waals surface area contributed by atoms with Crippen molar-refractivity contribution in [1.29, 1.82) is 0 Å². The third-order valence-electron chi connectivity index (χ3n) is 2.68. The van der Waals surface area contributed by atoms with Crippen molar-refractivity contribution >= 4 is 28.0 Å². The number of hydrogen-bond donors (Lipinski definition) is 2. The van der Waals surface area contributed by atoms with Crippen molar-refractivity contribution in [3.8, 4) is 0 Å². The molecule has 0 fully saturated rings. The number of aliphatic hydroxyl groups excluding tert-OH is 1. The van der Waals surface area contributed by atoms with Gasteiger partial charge in [0.25, 0.3) is 0 Å². The Balaban J connectivity index is 2.18. The first-order valence-electron chi connectivity index (χ1n) is 6.08. The van der Waals surface area contributed by atoms with Crippen LogP contribution >= 0.6 is 11.3 Å². The molecule has 0 atom stereocenters. The lowest BCUT2D eigenvalue weighted by Gasteiger charge is -2.18. The fraction of sp³-hybridized carbons (Fsp3) is 0.500. The van der Waals surface area contributed by atoms with Crippen LogP contribution in [-0.4, -0.2) is 40.0 Å². The molecule has 1 amide bonds. The van der Waals surface area contributed by atoms with E-state index in [-0.39, 0.29) is 25.1 Å². The zero-order valence-electron chi connectivity index (χ0n) is 11.3. The summed E-state index contributed by atoms with van der Waals surface area (Å²) in [5.41, 5.74) is 0.705. The summed E-state index contributed by atoms with van der Waals surface area (Å²) in [7, 11) is 1.80. The molecule has 2 N–H and O–H groups in total. The van der Waals surface area contributed by atoms with Gasteiger partial charge in [0.2, 0.25) is 5.91 Å². The lowest BCUT2D eigenvalue weighted by atomic mass is 10.3. The Morgan fingerprint density at radius 1 is 1.63 bits per heavy atom. The van der Waals surface area contributed by atoms with Crippen LogP contribution in [0.1, 0.15) is 19.5 Å². The van der Waals surface area contributed by atoms with Gasteiger partial charge in [-0.25, -0.2) is 4.98 Å². The zero-order valence-corrected chi connectivity index (χ0v) is 12.1. The van der Waals surface area contributed by atoms with Crippen LogP contribution < -0.4 is 10.2 Å². The quantitative estimate of drug-likeness (QED) is 0.853. The van der Waals surface area contributed by atoms with Crippen LogP contribution in [0.4, 0.5) is 5.82 Å². The molecule has 0 aromatic carbocycles. The first-order chi connectivity index (χ1) is 9.02. The number of imidazole rings is 1. The molecule has 7 heteroatoms. The maximum atomic E-state index is 11.7. The Morgan fingerprint density at radius 2 is 2.37 bits per heavy atom. The number of fused-ring (bicyclic) bond motifs is 1. The number of rotatable bonds is 5. The van der Waals surface area contributed by atoms with E-state index in [0.717, 1.165) is 4.96 Å². The van der Waals surface area contributed by atoms with Gasteiger partial charge in [0.05, 0.1) is 18.8 Å². The van der Waals surface area contributed by atoms with E-state index in [2.05, 4.69) is 10.3 Å². The van der Waals surface area contributed by atoms with E-state index in [9.17, 15) is 9.90 Å². The summed E-state index contributed by atoms with van der Waals surface area (Å²) in [4.78, 5) is 18.8. The van der Waals surface area contributed by atoms with E-state index in [1.54, 1.807) is 11.9 Å². The Labute approximate surface area is 115 Å². The second-order valence-electron chi connectivity index (χ2n) is 4.67. The van der Waals surface area contributed by atoms with Gasteiger partial charge in [0, 0.05) is 24.7 Å². The van der Waals surface area contributed by atoms with Crippen LogP contribution in [0.5, 0.6) is 0 Å². The number of aromatic nitrogens is 2. The number of hydrogen-bond acceptors (Lipinski definition) is 5. The molecule has 0 unspecified atom stereocenters. The maximum Gasteiger partial charge on any atom is 0.239 e. The van der Waals surface area contributed by atoms with E-state index in [1.807, 2.05) is 29.8 Å². The van der Waals surface area contributed by atoms with Gasteiger partial charge in [-0.3, -0.25) is 9.20 Å². The van der Waals surface area contributed by atoms with Gasteiger partial charge < -0.3 is 15.3 Å². The molecule has 0 aliphatic heterocycles. The van der Waals surface area contributed by atoms with Crippen molar-refractivity contribution in [3.05, 3.63) is 17.3 Å². The third kappa shape index (κ3) is 2.87. The van der Waals surface area contributed by atoms with E-state index < -0.39 is 0 Å². The van der Waals surface area contributed by atoms with Crippen molar-refractivity contribution in [2.24, 2.45) is 0 Å². The van der Waals surface area contributed by atoms with Gasteiger partial charge in [-0.2, -0.15) is 0 Å². The molecule has 0 aliphatic carbocycles. The number of anilines is 1. The topological polar surface area (TPSA) is 69.9 Å². The van der Waals surface area contributed by atoms with Gasteiger partial charge in [-0.15, -0.1) is 11.3 Å². The van der Waals surface area contributed by atoms with Gasteiger partial charge in [0.15, 0.2) is 10.8 Å². The standard InChI is InChI=1S/C12H18N4O2S/c1-8(2)13-10(18)6-15(3)11-9(7-17)16-4-5-19-12(16)14-11/h4-5,8,17H,6-7H2,1-3H3,(H,13,18). The molecule has 2 aromatic rings. The molecule has 104 valence electrons. The number of likely N-dealkylation sites (N-methyl/N-ethyl adjacent to an activating group) is 1. The van der Waals surface area contributed by atoms with Crippen LogP contribution in [0.3, 0.4) is 0 Å². The van der Waals surface area contributed by atoms with E-state index in [1.165, 1.54) is 11.3 Å². The van der Waals surface area contributed by atoms with Gasteiger partial charge in [0.1, 0.15) is 0 Å². The minimum absolute atomic E-state index is 0.0576. The Kier molecular flexibility index (Phi) is 4.06. The van der Waals surface area contributed by atoms with Crippen LogP contribution in [0.2, 0.25) is 0 Å². The molecule has 0 radical (unpaired) electrons. The highest BCUT2D eigenvalue weighted by Crippen LogP contribution is 2.23. The summed E-state index contributed by atoms with van der Waals surface area (Å²) in [6.07, 6.45) is 1.87. The molecule has 0 spiro atoms. The number of carbonyl (C=O) groups excluding carboxylic acids is 1. The lowest BCUT2D eigenvalue weighted by molar-refractivity contribution is -0.120. The summed E-state index contributed by atoms with van der Waals surface area (Å²) >= 11 is 1.50. The molecule has 0 bridgehead atoms. The zero-order chi connectivity index (χ0) is 14.0. The third-order valence-corrected chi connectivity index (χ3v) is 3.44. The number of thiazole rings is 1. The summed E-state index contributed by atoms with van der Waals surface area (Å²) in [6.45, 7) is 3.95. The molecule has 2 heterocycles. The molecule has 2 rings (SSSR count). The maximum absolute atomic E-state index is 11.7. The average molecular weight is 282 g/mol.